The number of rotatable bonds is 4. The van der Waals surface area contributed by atoms with Crippen molar-refractivity contribution in [2.24, 2.45) is 4.99 Å². The van der Waals surface area contributed by atoms with Crippen molar-refractivity contribution in [1.29, 1.82) is 0 Å². The van der Waals surface area contributed by atoms with Crippen LogP contribution in [0.1, 0.15) is 17.5 Å². The topological polar surface area (TPSA) is 54.9 Å². The lowest BCUT2D eigenvalue weighted by Gasteiger charge is -2.13. The Hall–Kier alpha value is -2.69. The number of nitrogens with zero attached hydrogens (tertiary/aromatic N) is 1. The molecule has 5 heteroatoms. The predicted molar refractivity (Wildman–Crippen MR) is 95.5 cm³/mol. The molecule has 1 aliphatic rings. The normalized spacial score (nSPS) is 14.0. The van der Waals surface area contributed by atoms with E-state index in [0.717, 1.165) is 36.0 Å². The Morgan fingerprint density at radius 3 is 2.38 bits per heavy atom. The molecule has 1 heterocycles. The maximum Gasteiger partial charge on any atom is 0.191 e. The Morgan fingerprint density at radius 1 is 0.917 bits per heavy atom. The molecule has 0 aliphatic carbocycles. The van der Waals surface area contributed by atoms with E-state index in [-0.39, 0.29) is 0 Å². The van der Waals surface area contributed by atoms with Gasteiger partial charge in [0, 0.05) is 26.6 Å². The van der Waals surface area contributed by atoms with Crippen LogP contribution in [0.5, 0.6) is 11.5 Å². The Kier molecular flexibility index (Phi) is 5.56. The molecule has 24 heavy (non-hydrogen) atoms. The van der Waals surface area contributed by atoms with Crippen molar-refractivity contribution < 1.29 is 9.47 Å². The molecule has 0 saturated carbocycles. The van der Waals surface area contributed by atoms with Crippen LogP contribution in [0.25, 0.3) is 0 Å². The Balaban J connectivity index is 1.55. The van der Waals surface area contributed by atoms with Gasteiger partial charge in [0.15, 0.2) is 17.5 Å². The van der Waals surface area contributed by atoms with Gasteiger partial charge in [-0.05, 0) is 23.3 Å². The average Bonchev–Trinajstić information content (AvgIpc) is 2.87. The zero-order valence-electron chi connectivity index (χ0n) is 13.9. The molecule has 1 aliphatic heterocycles. The van der Waals surface area contributed by atoms with E-state index in [1.54, 1.807) is 7.05 Å². The Bertz CT molecular complexity index is 686. The number of benzene rings is 2. The summed E-state index contributed by atoms with van der Waals surface area (Å²) in [4.78, 5) is 4.26. The van der Waals surface area contributed by atoms with Crippen LogP contribution < -0.4 is 20.1 Å². The molecule has 126 valence electrons. The second-order valence-electron chi connectivity index (χ2n) is 5.60. The molecule has 0 atom stereocenters. The van der Waals surface area contributed by atoms with Crippen LogP contribution in [0.3, 0.4) is 0 Å². The van der Waals surface area contributed by atoms with Gasteiger partial charge in [0.25, 0.3) is 0 Å². The minimum Gasteiger partial charge on any atom is -0.490 e. The molecule has 5 nitrogen and oxygen atoms in total. The van der Waals surface area contributed by atoms with E-state index < -0.39 is 0 Å². The summed E-state index contributed by atoms with van der Waals surface area (Å²) in [7, 11) is 1.77. The van der Waals surface area contributed by atoms with Crippen LogP contribution >= 0.6 is 0 Å². The fourth-order valence-electron chi connectivity index (χ4n) is 2.51. The lowest BCUT2D eigenvalue weighted by molar-refractivity contribution is 0.297. The third kappa shape index (κ3) is 4.41. The van der Waals surface area contributed by atoms with Gasteiger partial charge in [-0.3, -0.25) is 4.99 Å². The first-order valence-electron chi connectivity index (χ1n) is 8.22. The van der Waals surface area contributed by atoms with Crippen molar-refractivity contribution >= 4 is 5.96 Å². The Morgan fingerprint density at radius 2 is 1.62 bits per heavy atom. The summed E-state index contributed by atoms with van der Waals surface area (Å²) < 4.78 is 11.4. The van der Waals surface area contributed by atoms with Crippen LogP contribution in [0.15, 0.2) is 53.5 Å². The standard InChI is InChI=1S/C19H23N3O2/c1-20-19(21-13-15-6-3-2-4-7-15)22-14-16-8-9-17-18(12-16)24-11-5-10-23-17/h2-4,6-9,12H,5,10-11,13-14H2,1H3,(H2,20,21,22). The smallest absolute Gasteiger partial charge is 0.191 e. The molecular weight excluding hydrogens is 302 g/mol. The second kappa shape index (κ2) is 8.24. The molecule has 0 fully saturated rings. The quantitative estimate of drug-likeness (QED) is 0.670. The van der Waals surface area contributed by atoms with Gasteiger partial charge in [0.1, 0.15) is 0 Å². The van der Waals surface area contributed by atoms with Gasteiger partial charge in [0.2, 0.25) is 0 Å². The first kappa shape index (κ1) is 16.2. The molecule has 2 aromatic carbocycles. The minimum atomic E-state index is 0.672. The molecule has 3 rings (SSSR count). The molecule has 2 aromatic rings. The summed E-state index contributed by atoms with van der Waals surface area (Å²) in [5.41, 5.74) is 2.35. The van der Waals surface area contributed by atoms with E-state index in [9.17, 15) is 0 Å². The van der Waals surface area contributed by atoms with Crippen LogP contribution in [0, 0.1) is 0 Å². The monoisotopic (exact) mass is 325 g/mol. The third-order valence-electron chi connectivity index (χ3n) is 3.80. The predicted octanol–water partition coefficient (Wildman–Crippen LogP) is 2.71. The molecule has 0 bridgehead atoms. The third-order valence-corrected chi connectivity index (χ3v) is 3.80. The van der Waals surface area contributed by atoms with E-state index in [1.807, 2.05) is 36.4 Å². The largest absolute Gasteiger partial charge is 0.490 e. The van der Waals surface area contributed by atoms with Crippen molar-refractivity contribution in [2.45, 2.75) is 19.5 Å². The molecule has 0 aromatic heterocycles. The first-order chi connectivity index (χ1) is 11.8. The lowest BCUT2D eigenvalue weighted by Crippen LogP contribution is -2.36. The highest BCUT2D eigenvalue weighted by atomic mass is 16.5. The van der Waals surface area contributed by atoms with Crippen LogP contribution in [0.4, 0.5) is 0 Å². The second-order valence-corrected chi connectivity index (χ2v) is 5.60. The molecule has 0 saturated heterocycles. The van der Waals surface area contributed by atoms with Crippen molar-refractivity contribution in [1.82, 2.24) is 10.6 Å². The number of fused-ring (bicyclic) bond motifs is 1. The van der Waals surface area contributed by atoms with Gasteiger partial charge >= 0.3 is 0 Å². The summed E-state index contributed by atoms with van der Waals surface area (Å²) in [6, 6.07) is 16.3. The highest BCUT2D eigenvalue weighted by Gasteiger charge is 2.10. The van der Waals surface area contributed by atoms with Gasteiger partial charge in [0.05, 0.1) is 13.2 Å². The molecule has 0 unspecified atom stereocenters. The number of ether oxygens (including phenoxy) is 2. The molecular formula is C19H23N3O2. The van der Waals surface area contributed by atoms with E-state index in [4.69, 9.17) is 9.47 Å². The summed E-state index contributed by atoms with van der Waals surface area (Å²) in [6.07, 6.45) is 0.915. The van der Waals surface area contributed by atoms with Gasteiger partial charge < -0.3 is 20.1 Å². The first-order valence-corrected chi connectivity index (χ1v) is 8.22. The zero-order valence-corrected chi connectivity index (χ0v) is 13.9. The maximum atomic E-state index is 5.73. The van der Waals surface area contributed by atoms with E-state index in [1.165, 1.54) is 5.56 Å². The average molecular weight is 325 g/mol. The van der Waals surface area contributed by atoms with Crippen molar-refractivity contribution in [2.75, 3.05) is 20.3 Å². The van der Waals surface area contributed by atoms with Crippen LogP contribution in [-0.2, 0) is 13.1 Å². The lowest BCUT2D eigenvalue weighted by atomic mass is 10.2. The molecule has 2 N–H and O–H groups in total. The highest BCUT2D eigenvalue weighted by Crippen LogP contribution is 2.30. The SMILES string of the molecule is CN=C(NCc1ccccc1)NCc1ccc2c(c1)OCCCO2. The molecule has 0 spiro atoms. The Labute approximate surface area is 142 Å². The van der Waals surface area contributed by atoms with Crippen molar-refractivity contribution in [3.63, 3.8) is 0 Å². The van der Waals surface area contributed by atoms with E-state index in [0.29, 0.717) is 19.8 Å². The fourth-order valence-corrected chi connectivity index (χ4v) is 2.51. The number of hydrogen-bond acceptors (Lipinski definition) is 3. The van der Waals surface area contributed by atoms with Gasteiger partial charge in [-0.15, -0.1) is 0 Å². The summed E-state index contributed by atoms with van der Waals surface area (Å²) in [5, 5.41) is 6.63. The summed E-state index contributed by atoms with van der Waals surface area (Å²) >= 11 is 0. The van der Waals surface area contributed by atoms with E-state index >= 15 is 0 Å². The minimum absolute atomic E-state index is 0.672. The van der Waals surface area contributed by atoms with Gasteiger partial charge in [-0.25, -0.2) is 0 Å². The van der Waals surface area contributed by atoms with Crippen LogP contribution in [0.2, 0.25) is 0 Å². The summed E-state index contributed by atoms with van der Waals surface area (Å²) in [5.74, 6) is 2.41. The van der Waals surface area contributed by atoms with E-state index in [2.05, 4.69) is 27.8 Å². The highest BCUT2D eigenvalue weighted by molar-refractivity contribution is 5.79. The molecule has 0 amide bonds. The van der Waals surface area contributed by atoms with Gasteiger partial charge in [-0.1, -0.05) is 36.4 Å². The van der Waals surface area contributed by atoms with Crippen molar-refractivity contribution in [3.8, 4) is 11.5 Å². The number of aliphatic imine (C=N–C) groups is 1. The fraction of sp³-hybridized carbons (Fsp3) is 0.316. The molecule has 0 radical (unpaired) electrons. The number of hydrogen-bond donors (Lipinski definition) is 2. The van der Waals surface area contributed by atoms with Crippen molar-refractivity contribution in [3.05, 3.63) is 59.7 Å². The summed E-state index contributed by atoms with van der Waals surface area (Å²) in [6.45, 7) is 2.82. The number of guanidine groups is 1. The van der Waals surface area contributed by atoms with Crippen LogP contribution in [-0.4, -0.2) is 26.2 Å². The number of nitrogens with one attached hydrogen (secondary N) is 2. The zero-order chi connectivity index (χ0) is 16.6. The van der Waals surface area contributed by atoms with Gasteiger partial charge in [-0.2, -0.15) is 0 Å². The maximum absolute atomic E-state index is 5.73.